The first-order valence-electron chi connectivity index (χ1n) is 18.1. The third kappa shape index (κ3) is 5.76. The van der Waals surface area contributed by atoms with Gasteiger partial charge in [0.25, 0.3) is 0 Å². The lowest BCUT2D eigenvalue weighted by atomic mass is 9.94. The summed E-state index contributed by atoms with van der Waals surface area (Å²) in [6.07, 6.45) is 1.80. The van der Waals surface area contributed by atoms with E-state index in [0.717, 1.165) is 67.1 Å². The molecule has 0 fully saturated rings. The molecule has 0 N–H and O–H groups in total. The Morgan fingerprint density at radius 2 is 0.889 bits per heavy atom. The van der Waals surface area contributed by atoms with Crippen LogP contribution in [0.3, 0.4) is 0 Å². The van der Waals surface area contributed by atoms with E-state index in [1.165, 1.54) is 27.1 Å². The van der Waals surface area contributed by atoms with Crippen molar-refractivity contribution >= 4 is 32.4 Å². The van der Waals surface area contributed by atoms with Crippen LogP contribution >= 0.6 is 0 Å². The molecular formula is C50H32N4. The summed E-state index contributed by atoms with van der Waals surface area (Å²) in [5.74, 6) is 0.662. The second-order valence-electron chi connectivity index (χ2n) is 13.5. The van der Waals surface area contributed by atoms with Crippen molar-refractivity contribution in [1.29, 1.82) is 0 Å². The molecule has 0 unspecified atom stereocenters. The smallest absolute Gasteiger partial charge is 0.160 e. The largest absolute Gasteiger partial charge is 0.255 e. The van der Waals surface area contributed by atoms with Gasteiger partial charge in [-0.1, -0.05) is 164 Å². The van der Waals surface area contributed by atoms with Gasteiger partial charge in [-0.15, -0.1) is 0 Å². The lowest BCUT2D eigenvalue weighted by Gasteiger charge is -2.13. The predicted molar refractivity (Wildman–Crippen MR) is 223 cm³/mol. The van der Waals surface area contributed by atoms with Gasteiger partial charge in [-0.25, -0.2) is 15.0 Å². The molecule has 0 aliphatic carbocycles. The highest BCUT2D eigenvalue weighted by molar-refractivity contribution is 6.22. The zero-order chi connectivity index (χ0) is 35.8. The number of para-hydroxylation sites is 1. The lowest BCUT2D eigenvalue weighted by molar-refractivity contribution is 1.16. The van der Waals surface area contributed by atoms with Gasteiger partial charge >= 0.3 is 0 Å². The van der Waals surface area contributed by atoms with E-state index in [4.69, 9.17) is 15.0 Å². The van der Waals surface area contributed by atoms with Crippen LogP contribution in [0, 0.1) is 0 Å². The fourth-order valence-electron chi connectivity index (χ4n) is 7.41. The Balaban J connectivity index is 0.991. The first kappa shape index (κ1) is 31.4. The van der Waals surface area contributed by atoms with Gasteiger partial charge in [0.1, 0.15) is 0 Å². The van der Waals surface area contributed by atoms with Gasteiger partial charge < -0.3 is 0 Å². The molecule has 10 aromatic rings. The van der Waals surface area contributed by atoms with Crippen LogP contribution in [-0.4, -0.2) is 19.9 Å². The van der Waals surface area contributed by atoms with E-state index in [9.17, 15) is 0 Å². The maximum Gasteiger partial charge on any atom is 0.160 e. The first-order valence-corrected chi connectivity index (χ1v) is 18.1. The minimum atomic E-state index is 0.662. The molecule has 0 amide bonds. The minimum Gasteiger partial charge on any atom is -0.255 e. The Hall–Kier alpha value is -7.30. The molecule has 0 bridgehead atoms. The third-order valence-electron chi connectivity index (χ3n) is 10.2. The summed E-state index contributed by atoms with van der Waals surface area (Å²) in [6, 6.07) is 65.6. The topological polar surface area (TPSA) is 51.6 Å². The van der Waals surface area contributed by atoms with Crippen LogP contribution in [0.5, 0.6) is 0 Å². The molecule has 0 spiro atoms. The van der Waals surface area contributed by atoms with Crippen LogP contribution < -0.4 is 0 Å². The average molecular weight is 689 g/mol. The maximum absolute atomic E-state index is 5.19. The summed E-state index contributed by atoms with van der Waals surface area (Å²) in [7, 11) is 0. The van der Waals surface area contributed by atoms with Gasteiger partial charge in [0.05, 0.1) is 28.3 Å². The Kier molecular flexibility index (Phi) is 7.77. The zero-order valence-electron chi connectivity index (χ0n) is 29.3. The van der Waals surface area contributed by atoms with E-state index >= 15 is 0 Å². The van der Waals surface area contributed by atoms with Crippen molar-refractivity contribution in [2.75, 3.05) is 0 Å². The number of rotatable bonds is 6. The van der Waals surface area contributed by atoms with Gasteiger partial charge in [-0.2, -0.15) is 0 Å². The molecule has 0 saturated heterocycles. The molecule has 0 atom stereocenters. The van der Waals surface area contributed by atoms with E-state index in [0.29, 0.717) is 5.82 Å². The summed E-state index contributed by atoms with van der Waals surface area (Å²) in [4.78, 5) is 19.8. The van der Waals surface area contributed by atoms with Crippen molar-refractivity contribution in [3.63, 3.8) is 0 Å². The van der Waals surface area contributed by atoms with E-state index in [-0.39, 0.29) is 0 Å². The fraction of sp³-hybridized carbons (Fsp3) is 0. The summed E-state index contributed by atoms with van der Waals surface area (Å²) in [6.45, 7) is 0. The molecule has 7 aromatic carbocycles. The van der Waals surface area contributed by atoms with Crippen molar-refractivity contribution in [3.05, 3.63) is 194 Å². The number of hydrogen-bond acceptors (Lipinski definition) is 4. The highest BCUT2D eigenvalue weighted by atomic mass is 14.9. The summed E-state index contributed by atoms with van der Waals surface area (Å²) in [5, 5.41) is 6.06. The normalized spacial score (nSPS) is 11.3. The number of fused-ring (bicyclic) bond motifs is 5. The molecule has 3 aromatic heterocycles. The molecule has 252 valence electrons. The van der Waals surface area contributed by atoms with Crippen LogP contribution in [0.2, 0.25) is 0 Å². The van der Waals surface area contributed by atoms with Crippen molar-refractivity contribution in [2.24, 2.45) is 0 Å². The molecule has 54 heavy (non-hydrogen) atoms. The van der Waals surface area contributed by atoms with Crippen molar-refractivity contribution in [1.82, 2.24) is 19.9 Å². The molecule has 0 aliphatic rings. The average Bonchev–Trinajstić information content (AvgIpc) is 3.26. The van der Waals surface area contributed by atoms with Gasteiger partial charge in [0.15, 0.2) is 5.82 Å². The zero-order valence-corrected chi connectivity index (χ0v) is 29.3. The van der Waals surface area contributed by atoms with Gasteiger partial charge in [0.2, 0.25) is 0 Å². The van der Waals surface area contributed by atoms with Crippen LogP contribution in [-0.2, 0) is 0 Å². The Labute approximate surface area is 313 Å². The second kappa shape index (κ2) is 13.4. The second-order valence-corrected chi connectivity index (χ2v) is 13.5. The van der Waals surface area contributed by atoms with E-state index < -0.39 is 0 Å². The quantitative estimate of drug-likeness (QED) is 0.163. The Bertz CT molecular complexity index is 2920. The molecular weight excluding hydrogens is 657 g/mol. The van der Waals surface area contributed by atoms with Crippen molar-refractivity contribution in [2.45, 2.75) is 0 Å². The highest BCUT2D eigenvalue weighted by Crippen LogP contribution is 2.38. The van der Waals surface area contributed by atoms with Gasteiger partial charge in [-0.3, -0.25) is 4.98 Å². The van der Waals surface area contributed by atoms with E-state index in [2.05, 4.69) is 163 Å². The van der Waals surface area contributed by atoms with Crippen LogP contribution in [0.25, 0.3) is 100.0 Å². The van der Waals surface area contributed by atoms with E-state index in [1.54, 1.807) is 6.20 Å². The van der Waals surface area contributed by atoms with Crippen molar-refractivity contribution in [3.8, 4) is 67.5 Å². The first-order chi connectivity index (χ1) is 26.7. The van der Waals surface area contributed by atoms with Crippen LogP contribution in [0.1, 0.15) is 0 Å². The number of aromatic nitrogens is 4. The standard InChI is InChI=1S/C50H32N4/c1-2-10-33(11-3-1)34-21-27-40(28-22-34)50-53-46(32-47(54-50)45-16-8-9-31-51-45)38-23-17-35(18-24-38)36-19-25-39(26-20-36)49-43-30-29-37-12-4-5-13-41(37)48(43)42-14-6-7-15-44(42)52-49/h1-32H. The van der Waals surface area contributed by atoms with Crippen molar-refractivity contribution < 1.29 is 0 Å². The lowest BCUT2D eigenvalue weighted by Crippen LogP contribution is -1.97. The fourth-order valence-corrected chi connectivity index (χ4v) is 7.41. The molecule has 4 heteroatoms. The summed E-state index contributed by atoms with van der Waals surface area (Å²) >= 11 is 0. The number of pyridine rings is 2. The third-order valence-corrected chi connectivity index (χ3v) is 10.2. The Morgan fingerprint density at radius 1 is 0.315 bits per heavy atom. The van der Waals surface area contributed by atoms with Crippen LogP contribution in [0.4, 0.5) is 0 Å². The van der Waals surface area contributed by atoms with Gasteiger partial charge in [-0.05, 0) is 57.3 Å². The number of nitrogens with zero attached hydrogens (tertiary/aromatic N) is 4. The summed E-state index contributed by atoms with van der Waals surface area (Å²) < 4.78 is 0. The number of hydrogen-bond donors (Lipinski definition) is 0. The summed E-state index contributed by atoms with van der Waals surface area (Å²) in [5.41, 5.74) is 12.1. The molecule has 0 saturated carbocycles. The predicted octanol–water partition coefficient (Wildman–Crippen LogP) is 12.7. The minimum absolute atomic E-state index is 0.662. The highest BCUT2D eigenvalue weighted by Gasteiger charge is 2.15. The molecule has 4 nitrogen and oxygen atoms in total. The Morgan fingerprint density at radius 3 is 1.61 bits per heavy atom. The van der Waals surface area contributed by atoms with Gasteiger partial charge in [0, 0.05) is 39.0 Å². The maximum atomic E-state index is 5.19. The monoisotopic (exact) mass is 688 g/mol. The van der Waals surface area contributed by atoms with E-state index in [1.807, 2.05) is 30.3 Å². The molecule has 0 aliphatic heterocycles. The number of benzene rings is 7. The molecule has 3 heterocycles. The molecule has 10 rings (SSSR count). The SMILES string of the molecule is c1ccc(-c2ccc(-c3nc(-c4ccc(-c5ccc(-c6nc7ccccc7c7c6ccc6ccccc67)cc5)cc4)cc(-c4ccccn4)n3)cc2)cc1. The molecule has 0 radical (unpaired) electrons. The van der Waals surface area contributed by atoms with Crippen LogP contribution in [0.15, 0.2) is 194 Å².